The number of primary amides is 1. The standard InChI is InChI=1S/C90H104Cl3IN12O27/c1-38(108)24-55(98-6)81(118)105-71-73(113)45-15-20-58(52(92)26-45)128-60-28-47-29-61(77(60)133-88-78(75(115)74(114)62(36-107)130-88)132-66-34-90(5,80(117)40(3)127-66)100-35-41-8-10-42(11-9-41)43-12-17-48(91)18-13-43)129-59-21-16-46(27-53(59)93)76(131-65-33-89(4,97)79(116)39(2)126-65)72-86(123)104-70(87(124)125-37-64(112)99-23-7-22-95)51-30-49(109)31-57(110)67(51)50-25-44(14-19-54(50)94)68(83(120)106-72)103-84(121)69(47)102-82(119)56(32-63(96)111)101-85(71)122/h8-21,25-31,38-40,55-56,62,65-66,68-76,78-80,88,98,100,107-110,113-117H,7,22-24,32-37,95,97H2,1-6H3,(H2,96,111)(H,99,112)(H,101,122)(H,102,119)(H,103,121)(H,104,123)(H,105,118)(H,106,120)/t38?,39-,40-,55+,56-,62+,65-,66-,68+,69+,70+,71+,72-,73+,74+,75-,76+,78+,79-,80-,88-,89-,90-/m0/s1. The lowest BCUT2D eigenvalue weighted by Crippen LogP contribution is -2.65. The first-order chi connectivity index (χ1) is 63.1. The summed E-state index contributed by atoms with van der Waals surface area (Å²) < 4.78 is 59.1. The van der Waals surface area contributed by atoms with Crippen LogP contribution in [0, 0.1) is 3.57 Å². The number of aliphatic hydroxyl groups excluding tert-OH is 7. The maximum atomic E-state index is 16.8. The molecule has 8 amide bonds. The van der Waals surface area contributed by atoms with Crippen LogP contribution in [0.1, 0.15) is 130 Å². The fraction of sp³-hybridized carbons (Fsp3) is 0.433. The maximum absolute atomic E-state index is 16.8. The van der Waals surface area contributed by atoms with E-state index >= 15 is 28.8 Å². The summed E-state index contributed by atoms with van der Waals surface area (Å²) in [4.78, 5) is 137. The number of nitrogens with two attached hydrogens (primary N) is 3. The van der Waals surface area contributed by atoms with Crippen LogP contribution in [0.15, 0.2) is 127 Å². The van der Waals surface area contributed by atoms with Crippen LogP contribution in [-0.4, -0.2) is 242 Å². The van der Waals surface area contributed by atoms with Crippen molar-refractivity contribution in [2.75, 3.05) is 33.4 Å². The average molecular weight is 2020 g/mol. The predicted octanol–water partition coefficient (Wildman–Crippen LogP) is 3.04. The molecule has 0 aromatic heterocycles. The van der Waals surface area contributed by atoms with E-state index in [-0.39, 0.29) is 76.0 Å². The summed E-state index contributed by atoms with van der Waals surface area (Å²) in [7, 11) is 1.37. The molecule has 714 valence electrons. The Morgan fingerprint density at radius 3 is 1.91 bits per heavy atom. The van der Waals surface area contributed by atoms with Gasteiger partial charge in [-0.2, -0.15) is 0 Å². The van der Waals surface area contributed by atoms with Crippen molar-refractivity contribution < 1.29 is 132 Å². The van der Waals surface area contributed by atoms with Crippen LogP contribution in [0.3, 0.4) is 0 Å². The van der Waals surface area contributed by atoms with E-state index in [4.69, 9.17) is 94.6 Å². The van der Waals surface area contributed by atoms with Crippen molar-refractivity contribution >= 4 is 111 Å². The Hall–Kier alpha value is -10.3. The highest BCUT2D eigenvalue weighted by atomic mass is 127. The van der Waals surface area contributed by atoms with E-state index in [1.807, 2.05) is 59.0 Å². The number of phenols is 2. The third-order valence-electron chi connectivity index (χ3n) is 23.8. The number of phenolic OH excluding ortho intramolecular Hbond substituents is 2. The molecule has 24 N–H and O–H groups in total. The smallest absolute Gasteiger partial charge is 0.333 e. The van der Waals surface area contributed by atoms with Crippen molar-refractivity contribution in [3.63, 3.8) is 0 Å². The number of rotatable bonds is 24. The van der Waals surface area contributed by atoms with E-state index in [0.29, 0.717) is 11.4 Å². The van der Waals surface area contributed by atoms with Gasteiger partial charge in [0, 0.05) is 62.8 Å². The quantitative estimate of drug-likeness (QED) is 0.0235. The number of fused-ring (bicyclic) bond motifs is 15. The molecule has 7 aromatic carbocycles. The van der Waals surface area contributed by atoms with Gasteiger partial charge in [-0.05, 0) is 195 Å². The first kappa shape index (κ1) is 100. The topological polar surface area (TPSA) is 605 Å². The zero-order valence-electron chi connectivity index (χ0n) is 72.4. The molecule has 23 atom stereocenters. The van der Waals surface area contributed by atoms with Gasteiger partial charge >= 0.3 is 5.97 Å². The molecule has 3 saturated heterocycles. The van der Waals surface area contributed by atoms with E-state index in [0.717, 1.165) is 47.0 Å². The van der Waals surface area contributed by atoms with Gasteiger partial charge in [0.05, 0.1) is 59.6 Å². The summed E-state index contributed by atoms with van der Waals surface area (Å²) in [6.07, 6.45) is -24.4. The largest absolute Gasteiger partial charge is 0.508 e. The molecule has 11 bridgehead atoms. The van der Waals surface area contributed by atoms with E-state index in [1.165, 1.54) is 76.3 Å². The summed E-state index contributed by atoms with van der Waals surface area (Å²) in [6.45, 7) is 6.07. The number of ether oxygens (including phenoxy) is 9. The van der Waals surface area contributed by atoms with Crippen LogP contribution in [0.2, 0.25) is 15.1 Å². The van der Waals surface area contributed by atoms with Crippen molar-refractivity contribution in [3.05, 3.63) is 179 Å². The molecule has 3 fully saturated rings. The first-order valence-electron chi connectivity index (χ1n) is 42.5. The normalized spacial score (nSPS) is 28.8. The summed E-state index contributed by atoms with van der Waals surface area (Å²) in [6, 6.07) is 15.5. The van der Waals surface area contributed by atoms with Gasteiger partial charge in [0.1, 0.15) is 83.7 Å². The highest BCUT2D eigenvalue weighted by Crippen LogP contribution is 2.51. The van der Waals surface area contributed by atoms with Crippen molar-refractivity contribution in [2.45, 2.75) is 213 Å². The maximum Gasteiger partial charge on any atom is 0.333 e. The van der Waals surface area contributed by atoms with Gasteiger partial charge in [0.15, 0.2) is 42.8 Å². The Bertz CT molecular complexity index is 5500. The Morgan fingerprint density at radius 2 is 1.29 bits per heavy atom. The Labute approximate surface area is 790 Å². The molecule has 39 nitrogen and oxygen atoms in total. The average Bonchev–Trinajstić information content (AvgIpc) is 0.770. The highest BCUT2D eigenvalue weighted by molar-refractivity contribution is 14.1. The Kier molecular flexibility index (Phi) is 32.2. The van der Waals surface area contributed by atoms with Gasteiger partial charge in [-0.3, -0.25) is 38.4 Å². The lowest BCUT2D eigenvalue weighted by Gasteiger charge is -2.48. The number of hydrogen-bond acceptors (Lipinski definition) is 31. The number of halogens is 4. The molecule has 43 heteroatoms. The molecule has 15 rings (SSSR count). The van der Waals surface area contributed by atoms with E-state index in [9.17, 15) is 60.3 Å². The second-order valence-corrected chi connectivity index (χ2v) is 36.3. The minimum Gasteiger partial charge on any atom is -0.508 e. The van der Waals surface area contributed by atoms with Crippen molar-refractivity contribution in [1.82, 2.24) is 47.9 Å². The number of carbonyl (C=O) groups is 9. The second kappa shape index (κ2) is 42.7. The van der Waals surface area contributed by atoms with Crippen molar-refractivity contribution in [3.8, 4) is 62.5 Å². The molecule has 133 heavy (non-hydrogen) atoms. The van der Waals surface area contributed by atoms with E-state index in [2.05, 4.69) is 47.9 Å². The molecule has 8 aliphatic rings. The number of nitrogens with one attached hydrogen (secondary N) is 9. The van der Waals surface area contributed by atoms with Gasteiger partial charge in [-0.25, -0.2) is 4.79 Å². The summed E-state index contributed by atoms with van der Waals surface area (Å²) in [5.41, 5.74) is 16.2. The van der Waals surface area contributed by atoms with Crippen LogP contribution < -0.4 is 79.3 Å². The number of aliphatic hydroxyl groups is 7. The van der Waals surface area contributed by atoms with Crippen LogP contribution in [-0.2, 0) is 78.1 Å². The van der Waals surface area contributed by atoms with Gasteiger partial charge in [-0.15, -0.1) is 0 Å². The van der Waals surface area contributed by atoms with Gasteiger partial charge < -0.3 is 154 Å². The SMILES string of the molecule is CN[C@H](CC(C)O)C(=O)N[C@H]1C(=O)N[C@@H](CC(N)=O)C(=O)N[C@H]2C(=O)N[C@H]3C(=O)N[C@H](C(=O)N[C@@H](C(=O)OCC(=O)NCCCN)c4cc(O)cc(O)c4-c4cc3ccc4I)[C@H](O[C@H]3C[C@](C)(N)[C@@H](O)[C@H](C)O3)c3ccc(c(Cl)c3)Oc3cc2cc(c3O[C@@H]2O[C@H](CO)[C@@H](O)[C@H](O)[C@H]2O[C@H]2C[C@](C)(NCc3ccc(-c4ccc(Cl)cc4)cc3)[C@@H](O)[C@H](C)O2)Oc2ccc(cc2Cl)[C@H]1O. The number of esters is 1. The van der Waals surface area contributed by atoms with Crippen LogP contribution >= 0.6 is 57.4 Å². The first-order valence-corrected chi connectivity index (χ1v) is 44.8. The molecule has 8 heterocycles. The summed E-state index contributed by atoms with van der Waals surface area (Å²) in [5, 5.41) is 129. The number of amides is 8. The summed E-state index contributed by atoms with van der Waals surface area (Å²) in [5.74, 6) is -15.6. The number of aromatic hydroxyl groups is 2. The molecule has 1 unspecified atom stereocenters. The lowest BCUT2D eigenvalue weighted by molar-refractivity contribution is -0.334. The highest BCUT2D eigenvalue weighted by Gasteiger charge is 2.53. The molecule has 7 aromatic rings. The van der Waals surface area contributed by atoms with Gasteiger partial charge in [0.2, 0.25) is 53.4 Å². The molecule has 0 aliphatic carbocycles. The molecule has 0 saturated carbocycles. The Balaban J connectivity index is 1.02. The monoisotopic (exact) mass is 2020 g/mol. The molecule has 0 radical (unpaired) electrons. The zero-order chi connectivity index (χ0) is 96.1. The molecule has 0 spiro atoms. The number of hydrogen-bond donors (Lipinski definition) is 21. The van der Waals surface area contributed by atoms with Crippen molar-refractivity contribution in [2.24, 2.45) is 17.2 Å². The van der Waals surface area contributed by atoms with Crippen LogP contribution in [0.25, 0.3) is 22.3 Å². The second-order valence-electron chi connectivity index (χ2n) is 33.9. The molecule has 8 aliphatic heterocycles. The van der Waals surface area contributed by atoms with E-state index in [1.54, 1.807) is 26.0 Å². The van der Waals surface area contributed by atoms with E-state index < -0.39 is 268 Å². The zero-order valence-corrected chi connectivity index (χ0v) is 76.9. The fourth-order valence-electron chi connectivity index (χ4n) is 16.6. The van der Waals surface area contributed by atoms with Gasteiger partial charge in [0.25, 0.3) is 5.91 Å². The lowest BCUT2D eigenvalue weighted by atomic mass is 9.84. The predicted molar refractivity (Wildman–Crippen MR) is 483 cm³/mol. The van der Waals surface area contributed by atoms with Gasteiger partial charge in [-0.1, -0.05) is 89.4 Å². The molecular formula is C90H104Cl3IN12O27. The minimum absolute atomic E-state index is 0.0586. The molecular weight excluding hydrogens is 1910 g/mol. The minimum atomic E-state index is -2.40. The third kappa shape index (κ3) is 23.1. The number of likely N-dealkylation sites (N-methyl/N-ethyl adjacent to an activating group) is 1. The fourth-order valence-corrected chi connectivity index (χ4v) is 17.8. The number of carbonyl (C=O) groups excluding carboxylic acids is 9. The number of benzene rings is 7. The van der Waals surface area contributed by atoms with Crippen LogP contribution in [0.4, 0.5) is 0 Å². The Morgan fingerprint density at radius 1 is 0.677 bits per heavy atom. The van der Waals surface area contributed by atoms with Crippen LogP contribution in [0.5, 0.6) is 40.2 Å². The van der Waals surface area contributed by atoms with Crippen molar-refractivity contribution in [1.29, 1.82) is 0 Å². The summed E-state index contributed by atoms with van der Waals surface area (Å²) >= 11 is 22.8. The third-order valence-corrected chi connectivity index (χ3v) is 25.6.